The van der Waals surface area contributed by atoms with Crippen molar-refractivity contribution in [1.29, 1.82) is 0 Å². The lowest BCUT2D eigenvalue weighted by Crippen LogP contribution is -2.18. The zero-order chi connectivity index (χ0) is 23.0. The number of hydrogen-bond donors (Lipinski definition) is 1. The Morgan fingerprint density at radius 1 is 1.03 bits per heavy atom. The Kier molecular flexibility index (Phi) is 6.56. The van der Waals surface area contributed by atoms with E-state index >= 15 is 0 Å². The summed E-state index contributed by atoms with van der Waals surface area (Å²) in [6, 6.07) is 19.4. The van der Waals surface area contributed by atoms with Crippen LogP contribution in [0.5, 0.6) is 5.75 Å². The number of hydrazone groups is 1. The number of aryl methyl sites for hydroxylation is 1. The van der Waals surface area contributed by atoms with Crippen molar-refractivity contribution in [2.45, 2.75) is 6.92 Å². The monoisotopic (exact) mass is 441 g/mol. The van der Waals surface area contributed by atoms with E-state index in [1.165, 1.54) is 24.6 Å². The molecular formula is C25H19N3O5. The van der Waals surface area contributed by atoms with Crippen molar-refractivity contribution in [3.05, 3.63) is 102 Å². The van der Waals surface area contributed by atoms with Gasteiger partial charge in [-0.2, -0.15) is 5.10 Å². The van der Waals surface area contributed by atoms with Gasteiger partial charge in [-0.05, 0) is 55.0 Å². The lowest BCUT2D eigenvalue weighted by atomic mass is 10.1. The predicted molar refractivity (Wildman–Crippen MR) is 122 cm³/mol. The Hall–Kier alpha value is -4.72. The lowest BCUT2D eigenvalue weighted by Gasteiger charge is -2.02. The Morgan fingerprint density at radius 3 is 2.55 bits per heavy atom. The summed E-state index contributed by atoms with van der Waals surface area (Å²) in [5.74, 6) is 0.362. The molecule has 0 saturated heterocycles. The van der Waals surface area contributed by atoms with Gasteiger partial charge in [-0.15, -0.1) is 0 Å². The second kappa shape index (κ2) is 10.1. The largest absolute Gasteiger partial charge is 0.465 e. The van der Waals surface area contributed by atoms with E-state index in [2.05, 4.69) is 15.7 Å². The van der Waals surface area contributed by atoms with E-state index in [9.17, 15) is 9.59 Å². The molecule has 2 aromatic heterocycles. The van der Waals surface area contributed by atoms with Gasteiger partial charge in [0.05, 0.1) is 12.5 Å². The van der Waals surface area contributed by atoms with Crippen molar-refractivity contribution < 1.29 is 23.3 Å². The molecular weight excluding hydrogens is 422 g/mol. The first kappa shape index (κ1) is 21.5. The number of ether oxygens (including phenoxy) is 1. The fourth-order valence-electron chi connectivity index (χ4n) is 2.96. The van der Waals surface area contributed by atoms with Gasteiger partial charge in [-0.1, -0.05) is 35.5 Å². The molecule has 0 atom stereocenters. The van der Waals surface area contributed by atoms with Gasteiger partial charge in [-0.3, -0.25) is 4.79 Å². The average molecular weight is 441 g/mol. The maximum absolute atomic E-state index is 12.6. The summed E-state index contributed by atoms with van der Waals surface area (Å²) in [5.41, 5.74) is 4.73. The van der Waals surface area contributed by atoms with E-state index < -0.39 is 11.9 Å². The maximum Gasteiger partial charge on any atom is 0.336 e. The number of esters is 1. The summed E-state index contributed by atoms with van der Waals surface area (Å²) in [4.78, 5) is 24.5. The molecule has 0 fully saturated rings. The van der Waals surface area contributed by atoms with Crippen LogP contribution in [0.15, 0.2) is 93.1 Å². The minimum Gasteiger partial charge on any atom is -0.465 e. The highest BCUT2D eigenvalue weighted by Gasteiger charge is 2.21. The number of nitrogens with zero attached hydrogens (tertiary/aromatic N) is 2. The molecule has 1 amide bonds. The Bertz CT molecular complexity index is 1290. The van der Waals surface area contributed by atoms with Gasteiger partial charge in [0, 0.05) is 11.6 Å². The van der Waals surface area contributed by atoms with Gasteiger partial charge in [0.25, 0.3) is 5.91 Å². The minimum atomic E-state index is -0.529. The van der Waals surface area contributed by atoms with Crippen LogP contribution in [-0.2, 0) is 4.79 Å². The van der Waals surface area contributed by atoms with E-state index in [-0.39, 0.29) is 0 Å². The molecule has 0 aliphatic rings. The van der Waals surface area contributed by atoms with Gasteiger partial charge >= 0.3 is 5.97 Å². The molecule has 0 spiro atoms. The first-order chi connectivity index (χ1) is 16.1. The Labute approximate surface area is 189 Å². The van der Waals surface area contributed by atoms with Crippen molar-refractivity contribution >= 4 is 24.2 Å². The molecule has 0 radical (unpaired) electrons. The highest BCUT2D eigenvalue weighted by atomic mass is 16.5. The molecule has 0 saturated carbocycles. The lowest BCUT2D eigenvalue weighted by molar-refractivity contribution is -0.128. The first-order valence-electron chi connectivity index (χ1n) is 9.99. The highest BCUT2D eigenvalue weighted by Crippen LogP contribution is 2.24. The molecule has 0 bridgehead atoms. The second-order valence-corrected chi connectivity index (χ2v) is 6.87. The Morgan fingerprint density at radius 2 is 1.82 bits per heavy atom. The van der Waals surface area contributed by atoms with Gasteiger partial charge < -0.3 is 13.7 Å². The van der Waals surface area contributed by atoms with Gasteiger partial charge in [-0.25, -0.2) is 10.2 Å². The molecule has 1 N–H and O–H groups in total. The normalized spacial score (nSPS) is 11.2. The van der Waals surface area contributed by atoms with Crippen LogP contribution in [-0.4, -0.2) is 23.2 Å². The molecule has 4 aromatic rings. The van der Waals surface area contributed by atoms with E-state index in [4.69, 9.17) is 13.7 Å². The van der Waals surface area contributed by atoms with Crippen LogP contribution in [0, 0.1) is 6.92 Å². The maximum atomic E-state index is 12.6. The number of benzene rings is 2. The van der Waals surface area contributed by atoms with Gasteiger partial charge in [0.15, 0.2) is 0 Å². The third-order valence-electron chi connectivity index (χ3n) is 4.54. The van der Waals surface area contributed by atoms with Crippen LogP contribution in [0.2, 0.25) is 0 Å². The van der Waals surface area contributed by atoms with Crippen molar-refractivity contribution in [3.63, 3.8) is 0 Å². The average Bonchev–Trinajstić information content (AvgIpc) is 3.49. The first-order valence-corrected chi connectivity index (χ1v) is 9.99. The number of rotatable bonds is 7. The van der Waals surface area contributed by atoms with Crippen LogP contribution in [0.3, 0.4) is 0 Å². The van der Waals surface area contributed by atoms with E-state index in [1.807, 2.05) is 30.3 Å². The number of aromatic nitrogens is 1. The number of carbonyl (C=O) groups is 2. The molecule has 2 aromatic carbocycles. The molecule has 0 aliphatic heterocycles. The predicted octanol–water partition coefficient (Wildman–Crippen LogP) is 4.63. The molecule has 2 heterocycles. The van der Waals surface area contributed by atoms with Crippen molar-refractivity contribution in [2.24, 2.45) is 5.10 Å². The topological polar surface area (TPSA) is 107 Å². The SMILES string of the molecule is Cc1onc(-c2ccccc2)c1C(=O)NN=Cc1ccc(OC(=O)C=Cc2ccco2)cc1. The fraction of sp³-hybridized carbons (Fsp3) is 0.0400. The number of hydrogen-bond acceptors (Lipinski definition) is 7. The van der Waals surface area contributed by atoms with Crippen molar-refractivity contribution in [2.75, 3.05) is 0 Å². The van der Waals surface area contributed by atoms with Crippen LogP contribution in [0.1, 0.15) is 27.4 Å². The fourth-order valence-corrected chi connectivity index (χ4v) is 2.96. The number of amides is 1. The van der Waals surface area contributed by atoms with Gasteiger partial charge in [0.1, 0.15) is 28.5 Å². The summed E-state index contributed by atoms with van der Waals surface area (Å²) >= 11 is 0. The zero-order valence-corrected chi connectivity index (χ0v) is 17.6. The summed E-state index contributed by atoms with van der Waals surface area (Å²) in [6.07, 6.45) is 5.79. The third-order valence-corrected chi connectivity index (χ3v) is 4.54. The third kappa shape index (κ3) is 5.50. The molecule has 8 nitrogen and oxygen atoms in total. The van der Waals surface area contributed by atoms with Crippen LogP contribution >= 0.6 is 0 Å². The summed E-state index contributed by atoms with van der Waals surface area (Å²) in [5, 5.41) is 7.99. The molecule has 4 rings (SSSR count). The standard InChI is InChI=1S/C25H19N3O5/c1-17-23(24(28-33-17)19-6-3-2-4-7-19)25(30)27-26-16-18-9-11-21(12-10-18)32-22(29)14-13-20-8-5-15-31-20/h2-16H,1H3,(H,27,30). The van der Waals surface area contributed by atoms with E-state index in [0.717, 1.165) is 5.56 Å². The molecule has 33 heavy (non-hydrogen) atoms. The summed E-state index contributed by atoms with van der Waals surface area (Å²) < 4.78 is 15.5. The smallest absolute Gasteiger partial charge is 0.336 e. The quantitative estimate of drug-likeness (QED) is 0.147. The Balaban J connectivity index is 1.35. The molecule has 0 unspecified atom stereocenters. The van der Waals surface area contributed by atoms with Crippen molar-refractivity contribution in [3.8, 4) is 17.0 Å². The minimum absolute atomic E-state index is 0.322. The van der Waals surface area contributed by atoms with E-state index in [0.29, 0.717) is 34.1 Å². The summed E-state index contributed by atoms with van der Waals surface area (Å²) in [7, 11) is 0. The van der Waals surface area contributed by atoms with Gasteiger partial charge in [0.2, 0.25) is 0 Å². The summed E-state index contributed by atoms with van der Waals surface area (Å²) in [6.45, 7) is 1.67. The second-order valence-electron chi connectivity index (χ2n) is 6.87. The van der Waals surface area contributed by atoms with Crippen LogP contribution in [0.4, 0.5) is 0 Å². The zero-order valence-electron chi connectivity index (χ0n) is 17.6. The molecule has 8 heteroatoms. The number of furan rings is 1. The number of nitrogens with one attached hydrogen (secondary N) is 1. The van der Waals surface area contributed by atoms with Crippen LogP contribution in [0.25, 0.3) is 17.3 Å². The number of carbonyl (C=O) groups excluding carboxylic acids is 2. The van der Waals surface area contributed by atoms with Crippen LogP contribution < -0.4 is 10.2 Å². The molecule has 164 valence electrons. The van der Waals surface area contributed by atoms with E-state index in [1.54, 1.807) is 43.3 Å². The highest BCUT2D eigenvalue weighted by molar-refractivity contribution is 6.01. The molecule has 0 aliphatic carbocycles. The van der Waals surface area contributed by atoms with Crippen molar-refractivity contribution in [1.82, 2.24) is 10.6 Å².